The minimum Gasteiger partial charge on any atom is -0.378 e. The second-order valence-electron chi connectivity index (χ2n) is 6.57. The van der Waals surface area contributed by atoms with E-state index in [1.807, 2.05) is 36.4 Å². The molecule has 146 valence electrons. The first kappa shape index (κ1) is 18.4. The molecule has 2 aromatic carbocycles. The van der Waals surface area contributed by atoms with E-state index >= 15 is 0 Å². The molecule has 0 saturated carbocycles. The minimum atomic E-state index is -0.552. The summed E-state index contributed by atoms with van der Waals surface area (Å²) in [5, 5.41) is 9.66. The van der Waals surface area contributed by atoms with Crippen LogP contribution in [-0.2, 0) is 6.54 Å². The van der Waals surface area contributed by atoms with Gasteiger partial charge >= 0.3 is 0 Å². The number of aromatic nitrogens is 2. The van der Waals surface area contributed by atoms with E-state index in [0.717, 1.165) is 16.5 Å². The van der Waals surface area contributed by atoms with Crippen molar-refractivity contribution in [1.82, 2.24) is 15.3 Å². The van der Waals surface area contributed by atoms with E-state index in [2.05, 4.69) is 25.9 Å². The van der Waals surface area contributed by atoms with Gasteiger partial charge in [-0.25, -0.2) is 0 Å². The molecule has 4 N–H and O–H groups in total. The molecule has 0 saturated heterocycles. The molecule has 0 aliphatic rings. The Labute approximate surface area is 165 Å². The topological polar surface area (TPSA) is 116 Å². The second kappa shape index (κ2) is 7.97. The van der Waals surface area contributed by atoms with Gasteiger partial charge in [-0.15, -0.1) is 0 Å². The standard InChI is InChI=1S/C21H19N5O3/c27-19-17(18(20(19)28)25-12-13-5-7-22-8-6-13)23-9-10-24-21(29)16-11-14-3-1-2-4-15(14)26-16/h1-8,11,23,25-26H,9-10,12H2,(H,24,29). The van der Waals surface area contributed by atoms with Gasteiger partial charge in [-0.05, 0) is 29.8 Å². The molecule has 0 spiro atoms. The van der Waals surface area contributed by atoms with E-state index in [9.17, 15) is 14.4 Å². The van der Waals surface area contributed by atoms with Crippen molar-refractivity contribution >= 4 is 28.2 Å². The Morgan fingerprint density at radius 1 is 0.931 bits per heavy atom. The van der Waals surface area contributed by atoms with Crippen LogP contribution in [0.25, 0.3) is 10.9 Å². The maximum atomic E-state index is 12.3. The highest BCUT2D eigenvalue weighted by Gasteiger charge is 2.20. The Balaban J connectivity index is 1.29. The largest absolute Gasteiger partial charge is 0.378 e. The van der Waals surface area contributed by atoms with Gasteiger partial charge in [0, 0.05) is 42.9 Å². The summed E-state index contributed by atoms with van der Waals surface area (Å²) in [5.74, 6) is -0.232. The van der Waals surface area contributed by atoms with Crippen molar-refractivity contribution in [1.29, 1.82) is 0 Å². The van der Waals surface area contributed by atoms with E-state index in [0.29, 0.717) is 25.3 Å². The molecule has 0 atom stereocenters. The highest BCUT2D eigenvalue weighted by Crippen LogP contribution is 2.16. The number of amides is 1. The van der Waals surface area contributed by atoms with E-state index in [1.54, 1.807) is 18.5 Å². The molecule has 29 heavy (non-hydrogen) atoms. The van der Waals surface area contributed by atoms with Gasteiger partial charge in [0.05, 0.1) is 0 Å². The minimum absolute atomic E-state index is 0.232. The van der Waals surface area contributed by atoms with E-state index in [-0.39, 0.29) is 17.3 Å². The smallest absolute Gasteiger partial charge is 0.267 e. The van der Waals surface area contributed by atoms with Gasteiger partial charge < -0.3 is 20.9 Å². The Bertz CT molecular complexity index is 1190. The summed E-state index contributed by atoms with van der Waals surface area (Å²) in [6.45, 7) is 1.04. The lowest BCUT2D eigenvalue weighted by molar-refractivity contribution is 0.0951. The number of pyridine rings is 1. The van der Waals surface area contributed by atoms with Crippen LogP contribution in [0.4, 0.5) is 11.4 Å². The number of fused-ring (bicyclic) bond motifs is 1. The molecule has 0 aliphatic carbocycles. The first-order chi connectivity index (χ1) is 14.1. The molecule has 8 nitrogen and oxygen atoms in total. The first-order valence-electron chi connectivity index (χ1n) is 9.19. The van der Waals surface area contributed by atoms with Gasteiger partial charge in [-0.1, -0.05) is 18.2 Å². The summed E-state index contributed by atoms with van der Waals surface area (Å²) in [5.41, 5.74) is 1.75. The summed E-state index contributed by atoms with van der Waals surface area (Å²) >= 11 is 0. The zero-order valence-electron chi connectivity index (χ0n) is 15.5. The third-order valence-corrected chi connectivity index (χ3v) is 4.62. The van der Waals surface area contributed by atoms with Crippen molar-refractivity contribution in [3.63, 3.8) is 0 Å². The highest BCUT2D eigenvalue weighted by molar-refractivity contribution is 5.98. The Morgan fingerprint density at radius 3 is 2.41 bits per heavy atom. The lowest BCUT2D eigenvalue weighted by atomic mass is 10.1. The summed E-state index contributed by atoms with van der Waals surface area (Å²) in [7, 11) is 0. The number of aromatic amines is 1. The molecule has 2 heterocycles. The van der Waals surface area contributed by atoms with Crippen molar-refractivity contribution < 1.29 is 4.79 Å². The molecule has 4 aromatic rings. The number of carbonyl (C=O) groups is 1. The number of nitrogens with zero attached hydrogens (tertiary/aromatic N) is 1. The van der Waals surface area contributed by atoms with Crippen LogP contribution in [0.1, 0.15) is 16.1 Å². The quantitative estimate of drug-likeness (QED) is 0.269. The molecule has 0 aliphatic heterocycles. The molecule has 0 radical (unpaired) electrons. The molecule has 0 fully saturated rings. The number of benzene rings is 1. The number of hydrogen-bond acceptors (Lipinski definition) is 6. The van der Waals surface area contributed by atoms with Crippen LogP contribution in [-0.4, -0.2) is 29.0 Å². The van der Waals surface area contributed by atoms with Crippen molar-refractivity contribution in [2.24, 2.45) is 0 Å². The maximum Gasteiger partial charge on any atom is 0.267 e. The van der Waals surface area contributed by atoms with Crippen molar-refractivity contribution in [3.8, 4) is 0 Å². The highest BCUT2D eigenvalue weighted by atomic mass is 16.2. The molecule has 2 aromatic heterocycles. The van der Waals surface area contributed by atoms with Crippen molar-refractivity contribution in [2.75, 3.05) is 23.7 Å². The van der Waals surface area contributed by atoms with Gasteiger partial charge in [0.25, 0.3) is 16.8 Å². The fourth-order valence-electron chi connectivity index (χ4n) is 3.07. The zero-order chi connectivity index (χ0) is 20.2. The van der Waals surface area contributed by atoms with Crippen LogP contribution in [0.15, 0.2) is 64.4 Å². The molecule has 8 heteroatoms. The molecular weight excluding hydrogens is 370 g/mol. The van der Waals surface area contributed by atoms with Gasteiger partial charge in [-0.3, -0.25) is 19.4 Å². The van der Waals surface area contributed by atoms with Crippen LogP contribution < -0.4 is 26.8 Å². The Kier molecular flexibility index (Phi) is 5.07. The number of nitrogens with one attached hydrogen (secondary N) is 4. The summed E-state index contributed by atoms with van der Waals surface area (Å²) in [4.78, 5) is 42.9. The molecule has 4 rings (SSSR count). The van der Waals surface area contributed by atoms with Crippen LogP contribution in [0.5, 0.6) is 0 Å². The Morgan fingerprint density at radius 2 is 1.66 bits per heavy atom. The monoisotopic (exact) mass is 389 g/mol. The number of rotatable bonds is 8. The second-order valence-corrected chi connectivity index (χ2v) is 6.57. The van der Waals surface area contributed by atoms with Crippen molar-refractivity contribution in [2.45, 2.75) is 6.54 Å². The van der Waals surface area contributed by atoms with E-state index in [4.69, 9.17) is 0 Å². The average molecular weight is 389 g/mol. The first-order valence-corrected chi connectivity index (χ1v) is 9.19. The SMILES string of the molecule is O=C(NCCNc1c(NCc2ccncc2)c(=O)c1=O)c1cc2ccccc2[nH]1. The van der Waals surface area contributed by atoms with Crippen LogP contribution in [0.3, 0.4) is 0 Å². The fraction of sp³-hybridized carbons (Fsp3) is 0.143. The average Bonchev–Trinajstić information content (AvgIpc) is 3.20. The molecule has 1 amide bonds. The normalized spacial score (nSPS) is 10.9. The molecule has 0 bridgehead atoms. The lowest BCUT2D eigenvalue weighted by Gasteiger charge is -2.15. The van der Waals surface area contributed by atoms with Crippen LogP contribution in [0, 0.1) is 0 Å². The molecular formula is C21H19N5O3. The van der Waals surface area contributed by atoms with Crippen LogP contribution >= 0.6 is 0 Å². The Hall–Kier alpha value is -3.94. The third kappa shape index (κ3) is 3.86. The number of hydrogen-bond donors (Lipinski definition) is 4. The van der Waals surface area contributed by atoms with Crippen LogP contribution in [0.2, 0.25) is 0 Å². The number of H-pyrrole nitrogens is 1. The van der Waals surface area contributed by atoms with Gasteiger partial charge in [0.1, 0.15) is 17.1 Å². The summed E-state index contributed by atoms with van der Waals surface area (Å²) < 4.78 is 0. The number of para-hydroxylation sites is 1. The predicted molar refractivity (Wildman–Crippen MR) is 112 cm³/mol. The number of carbonyl (C=O) groups excluding carboxylic acids is 1. The lowest BCUT2D eigenvalue weighted by Crippen LogP contribution is -2.39. The van der Waals surface area contributed by atoms with Gasteiger partial charge in [0.2, 0.25) is 0 Å². The zero-order valence-corrected chi connectivity index (χ0v) is 15.5. The van der Waals surface area contributed by atoms with Gasteiger partial charge in [-0.2, -0.15) is 0 Å². The maximum absolute atomic E-state index is 12.3. The number of anilines is 2. The predicted octanol–water partition coefficient (Wildman–Crippen LogP) is 1.61. The van der Waals surface area contributed by atoms with E-state index in [1.165, 1.54) is 0 Å². The summed E-state index contributed by atoms with van der Waals surface area (Å²) in [6.07, 6.45) is 3.32. The molecule has 0 unspecified atom stereocenters. The van der Waals surface area contributed by atoms with Crippen molar-refractivity contribution in [3.05, 3.63) is 86.6 Å². The van der Waals surface area contributed by atoms with Gasteiger partial charge in [0.15, 0.2) is 0 Å². The van der Waals surface area contributed by atoms with E-state index < -0.39 is 10.9 Å². The fourth-order valence-corrected chi connectivity index (χ4v) is 3.07. The summed E-state index contributed by atoms with van der Waals surface area (Å²) in [6, 6.07) is 13.1. The third-order valence-electron chi connectivity index (χ3n) is 4.62.